The summed E-state index contributed by atoms with van der Waals surface area (Å²) in [4.78, 5) is 24.6. The third-order valence-electron chi connectivity index (χ3n) is 3.77. The first kappa shape index (κ1) is 20.0. The van der Waals surface area contributed by atoms with E-state index < -0.39 is 5.91 Å². The van der Waals surface area contributed by atoms with E-state index in [0.717, 1.165) is 5.56 Å². The van der Waals surface area contributed by atoms with Crippen LogP contribution in [-0.2, 0) is 14.3 Å². The number of nitrogens with one attached hydrogen (secondary N) is 1. The van der Waals surface area contributed by atoms with E-state index in [1.807, 2.05) is 30.3 Å². The van der Waals surface area contributed by atoms with Gasteiger partial charge in [0.25, 0.3) is 5.91 Å². The minimum Gasteiger partial charge on any atom is -0.465 e. The Labute approximate surface area is 167 Å². The van der Waals surface area contributed by atoms with Crippen molar-refractivity contribution in [3.8, 4) is 11.4 Å². The number of hydrogen-bond acceptors (Lipinski definition) is 7. The second-order valence-electron chi connectivity index (χ2n) is 6.37. The summed E-state index contributed by atoms with van der Waals surface area (Å²) in [6, 6.07) is 12.7. The molecule has 1 aromatic carbocycles. The average Bonchev–Trinajstić information content (AvgIpc) is 3.38. The standard InChI is InChI=1S/C20H21N5O4/c1-14(2)29-18(26)10-11-21-20(27)17(13-16-9-6-12-28-16)25-19(22-23-24-25)15-7-4-3-5-8-15/h3-9,12-14H,10-11H2,1-2H3,(H,21,27)/b17-13+. The van der Waals surface area contributed by atoms with Crippen LogP contribution in [0.2, 0.25) is 0 Å². The third-order valence-corrected chi connectivity index (χ3v) is 3.77. The van der Waals surface area contributed by atoms with E-state index in [-0.39, 0.29) is 30.7 Å². The first-order valence-electron chi connectivity index (χ1n) is 9.11. The second kappa shape index (κ2) is 9.45. The summed E-state index contributed by atoms with van der Waals surface area (Å²) >= 11 is 0. The van der Waals surface area contributed by atoms with Gasteiger partial charge < -0.3 is 14.5 Å². The van der Waals surface area contributed by atoms with Gasteiger partial charge in [-0.1, -0.05) is 30.3 Å². The Morgan fingerprint density at radius 2 is 2.00 bits per heavy atom. The largest absolute Gasteiger partial charge is 0.465 e. The van der Waals surface area contributed by atoms with Crippen molar-refractivity contribution in [2.45, 2.75) is 26.4 Å². The molecule has 29 heavy (non-hydrogen) atoms. The normalized spacial score (nSPS) is 11.5. The molecule has 0 saturated heterocycles. The SMILES string of the molecule is CC(C)OC(=O)CCNC(=O)/C(=C\c1ccco1)n1nnnc1-c1ccccc1. The summed E-state index contributed by atoms with van der Waals surface area (Å²) in [7, 11) is 0. The summed E-state index contributed by atoms with van der Waals surface area (Å²) in [6.07, 6.45) is 2.88. The smallest absolute Gasteiger partial charge is 0.307 e. The first-order valence-corrected chi connectivity index (χ1v) is 9.11. The van der Waals surface area contributed by atoms with Gasteiger partial charge in [0, 0.05) is 18.2 Å². The van der Waals surface area contributed by atoms with Gasteiger partial charge in [0.15, 0.2) is 5.82 Å². The molecular formula is C20H21N5O4. The van der Waals surface area contributed by atoms with E-state index in [0.29, 0.717) is 11.6 Å². The molecule has 150 valence electrons. The van der Waals surface area contributed by atoms with Crippen molar-refractivity contribution in [1.82, 2.24) is 25.5 Å². The number of aromatic nitrogens is 4. The molecule has 1 N–H and O–H groups in total. The molecule has 0 aliphatic heterocycles. The molecule has 0 atom stereocenters. The molecule has 9 heteroatoms. The first-order chi connectivity index (χ1) is 14.0. The Balaban J connectivity index is 1.83. The van der Waals surface area contributed by atoms with Gasteiger partial charge in [0.2, 0.25) is 0 Å². The molecule has 2 aromatic heterocycles. The Morgan fingerprint density at radius 3 is 2.69 bits per heavy atom. The molecule has 0 saturated carbocycles. The lowest BCUT2D eigenvalue weighted by molar-refractivity contribution is -0.147. The predicted molar refractivity (Wildman–Crippen MR) is 105 cm³/mol. The van der Waals surface area contributed by atoms with E-state index in [4.69, 9.17) is 9.15 Å². The summed E-state index contributed by atoms with van der Waals surface area (Å²) in [6.45, 7) is 3.65. The lowest BCUT2D eigenvalue weighted by Crippen LogP contribution is -2.30. The fourth-order valence-corrected chi connectivity index (χ4v) is 2.54. The van der Waals surface area contributed by atoms with Gasteiger partial charge in [-0.05, 0) is 36.4 Å². The number of carbonyl (C=O) groups excluding carboxylic acids is 2. The van der Waals surface area contributed by atoms with Crippen LogP contribution < -0.4 is 5.32 Å². The van der Waals surface area contributed by atoms with Crippen molar-refractivity contribution >= 4 is 23.6 Å². The van der Waals surface area contributed by atoms with Crippen molar-refractivity contribution in [3.63, 3.8) is 0 Å². The van der Waals surface area contributed by atoms with Crippen molar-refractivity contribution in [3.05, 3.63) is 54.5 Å². The number of amides is 1. The average molecular weight is 395 g/mol. The molecule has 2 heterocycles. The minimum atomic E-state index is -0.455. The lowest BCUT2D eigenvalue weighted by Gasteiger charge is -2.11. The minimum absolute atomic E-state index is 0.0547. The highest BCUT2D eigenvalue weighted by Crippen LogP contribution is 2.20. The lowest BCUT2D eigenvalue weighted by atomic mass is 10.2. The summed E-state index contributed by atoms with van der Waals surface area (Å²) < 4.78 is 11.7. The zero-order chi connectivity index (χ0) is 20.6. The number of tetrazole rings is 1. The van der Waals surface area contributed by atoms with Crippen LogP contribution in [0.4, 0.5) is 0 Å². The Morgan fingerprint density at radius 1 is 1.21 bits per heavy atom. The monoisotopic (exact) mass is 395 g/mol. The van der Waals surface area contributed by atoms with Crippen molar-refractivity contribution < 1.29 is 18.7 Å². The number of rotatable bonds is 8. The van der Waals surface area contributed by atoms with E-state index >= 15 is 0 Å². The molecule has 0 bridgehead atoms. The molecule has 0 unspecified atom stereocenters. The number of esters is 1. The van der Waals surface area contributed by atoms with Gasteiger partial charge in [-0.15, -0.1) is 5.10 Å². The summed E-state index contributed by atoms with van der Waals surface area (Å²) in [5.41, 5.74) is 0.900. The topological polar surface area (TPSA) is 112 Å². The van der Waals surface area contributed by atoms with E-state index in [1.54, 1.807) is 26.0 Å². The van der Waals surface area contributed by atoms with Gasteiger partial charge in [-0.3, -0.25) is 9.59 Å². The molecule has 0 aliphatic rings. The molecule has 0 radical (unpaired) electrons. The third kappa shape index (κ3) is 5.38. The van der Waals surface area contributed by atoms with Crippen LogP contribution in [0.3, 0.4) is 0 Å². The van der Waals surface area contributed by atoms with Crippen molar-refractivity contribution in [1.29, 1.82) is 0 Å². The maximum Gasteiger partial charge on any atom is 0.307 e. The summed E-state index contributed by atoms with van der Waals surface area (Å²) in [5, 5.41) is 14.4. The maximum absolute atomic E-state index is 12.9. The Hall–Kier alpha value is -3.75. The van der Waals surface area contributed by atoms with E-state index in [1.165, 1.54) is 17.0 Å². The highest BCUT2D eigenvalue weighted by Gasteiger charge is 2.20. The fourth-order valence-electron chi connectivity index (χ4n) is 2.54. The van der Waals surface area contributed by atoms with Crippen LogP contribution in [0.5, 0.6) is 0 Å². The molecule has 0 spiro atoms. The van der Waals surface area contributed by atoms with Gasteiger partial charge in [0.05, 0.1) is 18.8 Å². The van der Waals surface area contributed by atoms with Crippen molar-refractivity contribution in [2.75, 3.05) is 6.54 Å². The van der Waals surface area contributed by atoms with Gasteiger partial charge in [0.1, 0.15) is 11.5 Å². The van der Waals surface area contributed by atoms with E-state index in [2.05, 4.69) is 20.8 Å². The fraction of sp³-hybridized carbons (Fsp3) is 0.250. The quantitative estimate of drug-likeness (QED) is 0.460. The van der Waals surface area contributed by atoms with Gasteiger partial charge >= 0.3 is 5.97 Å². The number of benzene rings is 1. The molecular weight excluding hydrogens is 374 g/mol. The van der Waals surface area contributed by atoms with Crippen LogP contribution in [0, 0.1) is 0 Å². The van der Waals surface area contributed by atoms with Crippen LogP contribution in [0.25, 0.3) is 23.2 Å². The molecule has 9 nitrogen and oxygen atoms in total. The maximum atomic E-state index is 12.9. The second-order valence-corrected chi connectivity index (χ2v) is 6.37. The number of ether oxygens (including phenoxy) is 1. The number of carbonyl (C=O) groups is 2. The highest BCUT2D eigenvalue weighted by molar-refractivity contribution is 6.18. The number of furan rings is 1. The van der Waals surface area contributed by atoms with Crippen LogP contribution in [-0.4, -0.2) is 44.7 Å². The number of hydrogen-bond donors (Lipinski definition) is 1. The van der Waals surface area contributed by atoms with Gasteiger partial charge in [-0.25, -0.2) is 0 Å². The van der Waals surface area contributed by atoms with Crippen molar-refractivity contribution in [2.24, 2.45) is 0 Å². The zero-order valence-corrected chi connectivity index (χ0v) is 16.1. The molecule has 3 aromatic rings. The van der Waals surface area contributed by atoms with Crippen LogP contribution in [0.15, 0.2) is 53.1 Å². The number of nitrogens with zero attached hydrogens (tertiary/aromatic N) is 4. The Bertz CT molecular complexity index is 977. The van der Waals surface area contributed by atoms with E-state index in [9.17, 15) is 9.59 Å². The molecule has 0 aliphatic carbocycles. The summed E-state index contributed by atoms with van der Waals surface area (Å²) in [5.74, 6) is 0.0224. The molecule has 0 fully saturated rings. The Kier molecular flexibility index (Phi) is 6.51. The highest BCUT2D eigenvalue weighted by atomic mass is 16.5. The van der Waals surface area contributed by atoms with Gasteiger partial charge in [-0.2, -0.15) is 4.68 Å². The molecule has 3 rings (SSSR count). The van der Waals surface area contributed by atoms with Crippen LogP contribution in [0.1, 0.15) is 26.0 Å². The van der Waals surface area contributed by atoms with Crippen LogP contribution >= 0.6 is 0 Å². The predicted octanol–water partition coefficient (Wildman–Crippen LogP) is 2.39. The molecule has 1 amide bonds. The zero-order valence-electron chi connectivity index (χ0n) is 16.1.